The Morgan fingerprint density at radius 2 is 2.03 bits per heavy atom. The van der Waals surface area contributed by atoms with E-state index < -0.39 is 130 Å². The summed E-state index contributed by atoms with van der Waals surface area (Å²) < 4.78 is 245. The molecule has 29 heavy (non-hydrogen) atoms. The smallest absolute Gasteiger partial charge is 0.220 e. The number of aliphatic hydroxyl groups is 1. The molecule has 6 nitrogen and oxygen atoms in total. The van der Waals surface area contributed by atoms with Crippen molar-refractivity contribution >= 4 is 5.91 Å². The maximum Gasteiger partial charge on any atom is 0.220 e. The number of nitrogens with zero attached hydrogens (tertiary/aromatic N) is 1. The highest BCUT2D eigenvalue weighted by molar-refractivity contribution is 5.76. The molecule has 2 aliphatic rings. The van der Waals surface area contributed by atoms with Gasteiger partial charge >= 0.3 is 0 Å². The highest BCUT2D eigenvalue weighted by atomic mass is 16.6. The first-order chi connectivity index (χ1) is 25.0. The standard InChI is InChI=1S/C23H36N2O4/c1-2-3-4-5-6-9-22(26)24-19(17-25-12-7-8-13-25)23(27)18-10-11-20-21(16-18)29-15-14-28-20/h10-11,16,19,23,27H,2-9,12-15,17H2,1H3,(H,24,26)/t19-,23-/m1/s1/i1D3,2D2,3D2,4D2,5D2,6D2,7D2,8D2,12D2,13D2,14D2,15D2,17D2,19D,23D. The third-order valence-electron chi connectivity index (χ3n) is 3.23. The van der Waals surface area contributed by atoms with Crippen molar-refractivity contribution in [3.63, 3.8) is 0 Å². The van der Waals surface area contributed by atoms with Crippen LogP contribution in [-0.2, 0) is 4.79 Å². The minimum Gasteiger partial charge on any atom is -0.486 e. The maximum absolute atomic E-state index is 13.7. The average molecular weight is 434 g/mol. The number of fused-ring (bicyclic) bond motifs is 1. The molecule has 2 heterocycles. The van der Waals surface area contributed by atoms with Crippen LogP contribution in [0.4, 0.5) is 0 Å². The number of hydrogen-bond donors (Lipinski definition) is 2. The molecule has 0 radical (unpaired) electrons. The fraction of sp³-hybridized carbons (Fsp3) is 0.696. The van der Waals surface area contributed by atoms with E-state index in [1.54, 1.807) is 0 Å². The van der Waals surface area contributed by atoms with Crippen LogP contribution in [0.5, 0.6) is 11.5 Å². The molecule has 1 amide bonds. The zero-order valence-corrected chi connectivity index (χ0v) is 14.6. The van der Waals surface area contributed by atoms with Crippen LogP contribution in [0.1, 0.15) is 109 Å². The van der Waals surface area contributed by atoms with Gasteiger partial charge in [0.05, 0.1) is 14.2 Å². The van der Waals surface area contributed by atoms with Crippen LogP contribution in [0.15, 0.2) is 18.2 Å². The third kappa shape index (κ3) is 6.61. The van der Waals surface area contributed by atoms with E-state index in [1.165, 1.54) is 5.32 Å². The first kappa shape index (κ1) is 5.52. The van der Waals surface area contributed by atoms with Gasteiger partial charge in [-0.1, -0.05) is 38.4 Å². The number of carbonyl (C=O) groups excluding carboxylic acids is 1. The molecule has 2 aliphatic heterocycles. The largest absolute Gasteiger partial charge is 0.486 e. The van der Waals surface area contributed by atoms with Gasteiger partial charge in [0.1, 0.15) is 19.2 Å². The predicted molar refractivity (Wildman–Crippen MR) is 113 cm³/mol. The van der Waals surface area contributed by atoms with Crippen molar-refractivity contribution in [3.05, 3.63) is 23.8 Å². The molecular weight excluding hydrogens is 368 g/mol. The molecule has 2 N–H and O–H groups in total. The molecule has 6 heteroatoms. The van der Waals surface area contributed by atoms with E-state index >= 15 is 0 Å². The third-order valence-corrected chi connectivity index (χ3v) is 3.23. The molecule has 1 aromatic carbocycles. The second kappa shape index (κ2) is 11.4. The zero-order chi connectivity index (χ0) is 46.3. The number of rotatable bonds is 11. The lowest BCUT2D eigenvalue weighted by Crippen LogP contribution is -2.46. The topological polar surface area (TPSA) is 71.0 Å². The van der Waals surface area contributed by atoms with Crippen LogP contribution in [-0.4, -0.2) is 54.5 Å². The predicted octanol–water partition coefficient (Wildman–Crippen LogP) is 3.43. The van der Waals surface area contributed by atoms with Crippen molar-refractivity contribution < 1.29 is 59.1 Å². The molecule has 0 bridgehead atoms. The molecule has 1 saturated heterocycles. The van der Waals surface area contributed by atoms with E-state index in [0.29, 0.717) is 18.2 Å². The van der Waals surface area contributed by atoms with Crippen molar-refractivity contribution in [2.24, 2.45) is 0 Å². The molecule has 162 valence electrons. The van der Waals surface area contributed by atoms with Gasteiger partial charge in [0, 0.05) is 44.4 Å². The monoisotopic (exact) mass is 433 g/mol. The van der Waals surface area contributed by atoms with E-state index in [2.05, 4.69) is 0 Å². The van der Waals surface area contributed by atoms with Gasteiger partial charge in [0.15, 0.2) is 11.5 Å². The van der Waals surface area contributed by atoms with Crippen molar-refractivity contribution in [2.75, 3.05) is 32.6 Å². The summed E-state index contributed by atoms with van der Waals surface area (Å²) in [5, 5.41) is 13.0. The van der Waals surface area contributed by atoms with Crippen molar-refractivity contribution in [3.8, 4) is 11.5 Å². The van der Waals surface area contributed by atoms with Crippen LogP contribution in [0.2, 0.25) is 0 Å². The summed E-state index contributed by atoms with van der Waals surface area (Å²) >= 11 is 0. The number of nitrogens with one attached hydrogen (secondary N) is 1. The lowest BCUT2D eigenvalue weighted by atomic mass is 10.0. The number of carbonyl (C=O) groups is 1. The van der Waals surface area contributed by atoms with Gasteiger partial charge in [-0.3, -0.25) is 4.79 Å². The second-order valence-corrected chi connectivity index (χ2v) is 5.12. The normalized spacial score (nSPS) is 49.2. The summed E-state index contributed by atoms with van der Waals surface area (Å²) in [6.07, 6.45) is -36.5. The van der Waals surface area contributed by atoms with Crippen LogP contribution < -0.4 is 14.8 Å². The van der Waals surface area contributed by atoms with Gasteiger partial charge in [-0.15, -0.1) is 0 Å². The molecule has 0 aromatic heterocycles. The van der Waals surface area contributed by atoms with E-state index in [9.17, 15) is 9.90 Å². The van der Waals surface area contributed by atoms with Crippen molar-refractivity contribution in [2.45, 2.75) is 70.0 Å². The molecule has 0 unspecified atom stereocenters. The van der Waals surface area contributed by atoms with Gasteiger partial charge < -0.3 is 24.8 Å². The van der Waals surface area contributed by atoms with Gasteiger partial charge in [0.25, 0.3) is 0 Å². The Kier molecular flexibility index (Phi) is 2.17. The first-order valence-corrected chi connectivity index (χ1v) is 7.86. The number of likely N-dealkylation sites (tertiary alicyclic amines) is 1. The Morgan fingerprint density at radius 1 is 1.28 bits per heavy atom. The number of benzene rings is 1. The summed E-state index contributed by atoms with van der Waals surface area (Å²) in [6, 6.07) is -2.96. The van der Waals surface area contributed by atoms with Gasteiger partial charge in [-0.25, -0.2) is 0 Å². The number of hydrogen-bond acceptors (Lipinski definition) is 5. The Morgan fingerprint density at radius 3 is 2.83 bits per heavy atom. The summed E-state index contributed by atoms with van der Waals surface area (Å²) in [5.74, 6) is -3.81. The second-order valence-electron chi connectivity index (χ2n) is 5.12. The molecule has 2 atom stereocenters. The van der Waals surface area contributed by atoms with E-state index in [1.807, 2.05) is 0 Å². The van der Waals surface area contributed by atoms with Crippen LogP contribution in [0.25, 0.3) is 0 Å². The molecule has 0 spiro atoms. The molecule has 0 aliphatic carbocycles. The van der Waals surface area contributed by atoms with Gasteiger partial charge in [-0.05, 0) is 49.8 Å². The Balaban J connectivity index is 2.30. The molecule has 0 saturated carbocycles. The minimum atomic E-state index is -4.66. The van der Waals surface area contributed by atoms with Gasteiger partial charge in [0.2, 0.25) is 5.91 Å². The van der Waals surface area contributed by atoms with Crippen molar-refractivity contribution in [1.82, 2.24) is 10.2 Å². The van der Waals surface area contributed by atoms with E-state index in [0.717, 1.165) is 0 Å². The SMILES string of the molecule is [2H]C([2H])([2H])C([2H])([2H])C([2H])([2H])C([2H])([2H])C([2H])([2H])C([2H])([2H])CC(=O)N[C@]([2H])(C([2H])([2H])N1C([2H])([2H])C([2H])([2H])C([2H])([2H])C1([2H])[2H])[C@]([2H])(O)c1ccc2c(c1)OC([2H])([2H])C([2H])([2H])O2. The lowest BCUT2D eigenvalue weighted by molar-refractivity contribution is -0.123. The van der Waals surface area contributed by atoms with E-state index in [-0.39, 0.29) is 0 Å². The molecule has 1 aromatic rings. The maximum atomic E-state index is 13.7. The van der Waals surface area contributed by atoms with Crippen LogP contribution >= 0.6 is 0 Å². The summed E-state index contributed by atoms with van der Waals surface area (Å²) in [7, 11) is 0. The summed E-state index contributed by atoms with van der Waals surface area (Å²) in [4.78, 5) is 12.8. The average Bonchev–Trinajstić information content (AvgIpc) is 3.05. The fourth-order valence-corrected chi connectivity index (χ4v) is 2.03. The Hall–Kier alpha value is -1.79. The minimum absolute atomic E-state index is 0.403. The summed E-state index contributed by atoms with van der Waals surface area (Å²) in [5.41, 5.74) is -1.20. The fourth-order valence-electron chi connectivity index (χ4n) is 2.03. The highest BCUT2D eigenvalue weighted by Gasteiger charge is 2.27. The quantitative estimate of drug-likeness (QED) is 0.559. The molecular formula is C23H36N2O4. The van der Waals surface area contributed by atoms with Crippen LogP contribution in [0.3, 0.4) is 0 Å². The number of ether oxygens (including phenoxy) is 2. The zero-order valence-electron chi connectivity index (χ0n) is 43.6. The first-order valence-electron chi connectivity index (χ1n) is 22.4. The highest BCUT2D eigenvalue weighted by Crippen LogP contribution is 2.33. The molecule has 1 fully saturated rings. The lowest BCUT2D eigenvalue weighted by Gasteiger charge is -2.29. The number of amides is 1. The van der Waals surface area contributed by atoms with E-state index in [4.69, 9.17) is 49.2 Å². The Labute approximate surface area is 215 Å². The van der Waals surface area contributed by atoms with Crippen molar-refractivity contribution in [1.29, 1.82) is 0 Å². The molecule has 3 rings (SSSR count). The van der Waals surface area contributed by atoms with Gasteiger partial charge in [-0.2, -0.15) is 0 Å². The van der Waals surface area contributed by atoms with Crippen LogP contribution in [0, 0.1) is 0 Å². The Bertz CT molecular complexity index is 1760. The summed E-state index contributed by atoms with van der Waals surface area (Å²) in [6.45, 7) is -23.7.